The van der Waals surface area contributed by atoms with E-state index in [0.717, 1.165) is 32.1 Å². The highest BCUT2D eigenvalue weighted by atomic mass is 16.5. The standard InChI is InChI=1S/C23H32O5/c1-3-21(27)28-20-7-6-18-16-5-4-14-12-15(25)8-10-22(14,2)17(16)9-11-23(18,20)19(26)13-24/h12,16-18,20,24H,3-11,13H2,1-2H3/t16?,17?,18?,20-,22+,23+/m1/s1. The molecule has 3 unspecified atom stereocenters. The number of carbonyl (C=O) groups excluding carboxylic acids is 3. The molecule has 4 aliphatic carbocycles. The van der Waals surface area contributed by atoms with Gasteiger partial charge in [0.05, 0.1) is 5.41 Å². The fourth-order valence-corrected chi connectivity index (χ4v) is 7.27. The number of fused-ring (bicyclic) bond motifs is 5. The molecule has 4 aliphatic rings. The molecule has 0 amide bonds. The predicted molar refractivity (Wildman–Crippen MR) is 103 cm³/mol. The highest BCUT2D eigenvalue weighted by Crippen LogP contribution is 2.66. The normalized spacial score (nSPS) is 42.1. The Bertz CT molecular complexity index is 725. The highest BCUT2D eigenvalue weighted by molar-refractivity contribution is 5.91. The second-order valence-corrected chi connectivity index (χ2v) is 9.54. The van der Waals surface area contributed by atoms with Crippen molar-refractivity contribution in [3.63, 3.8) is 0 Å². The van der Waals surface area contributed by atoms with Crippen LogP contribution in [-0.2, 0) is 19.1 Å². The summed E-state index contributed by atoms with van der Waals surface area (Å²) in [6.07, 6.45) is 8.38. The molecule has 0 aliphatic heterocycles. The number of hydrogen-bond acceptors (Lipinski definition) is 5. The van der Waals surface area contributed by atoms with Gasteiger partial charge in [-0.25, -0.2) is 0 Å². The SMILES string of the molecule is CCC(=O)O[C@@H]1CCC2C3CCC4=CC(=O)CC[C@]4(C)C3CC[C@@]21C(=O)CO. The zero-order valence-electron chi connectivity index (χ0n) is 17.0. The number of allylic oxidation sites excluding steroid dienone is 1. The average molecular weight is 389 g/mol. The number of ketones is 2. The van der Waals surface area contributed by atoms with E-state index in [0.29, 0.717) is 37.5 Å². The minimum Gasteiger partial charge on any atom is -0.461 e. The van der Waals surface area contributed by atoms with E-state index in [2.05, 4.69) is 6.92 Å². The van der Waals surface area contributed by atoms with Gasteiger partial charge in [-0.1, -0.05) is 19.4 Å². The van der Waals surface area contributed by atoms with E-state index < -0.39 is 18.1 Å². The maximum Gasteiger partial charge on any atom is 0.305 e. The number of rotatable bonds is 4. The Kier molecular flexibility index (Phi) is 5.01. The summed E-state index contributed by atoms with van der Waals surface area (Å²) in [7, 11) is 0. The van der Waals surface area contributed by atoms with E-state index >= 15 is 0 Å². The van der Waals surface area contributed by atoms with Gasteiger partial charge in [-0.3, -0.25) is 14.4 Å². The van der Waals surface area contributed by atoms with Crippen molar-refractivity contribution < 1.29 is 24.2 Å². The number of ether oxygens (including phenoxy) is 1. The van der Waals surface area contributed by atoms with Crippen molar-refractivity contribution >= 4 is 17.5 Å². The summed E-state index contributed by atoms with van der Waals surface area (Å²) in [5.41, 5.74) is 0.629. The molecule has 0 saturated heterocycles. The summed E-state index contributed by atoms with van der Waals surface area (Å²) in [5.74, 6) is 0.864. The van der Waals surface area contributed by atoms with Crippen LogP contribution in [0.5, 0.6) is 0 Å². The van der Waals surface area contributed by atoms with Crippen LogP contribution in [0.1, 0.15) is 71.6 Å². The summed E-state index contributed by atoms with van der Waals surface area (Å²) in [6, 6.07) is 0. The molecule has 1 N–H and O–H groups in total. The van der Waals surface area contributed by atoms with Gasteiger partial charge in [-0.05, 0) is 74.2 Å². The molecule has 0 aromatic heterocycles. The summed E-state index contributed by atoms with van der Waals surface area (Å²) in [5, 5.41) is 9.76. The maximum absolute atomic E-state index is 13.0. The van der Waals surface area contributed by atoms with Crippen LogP contribution in [0.4, 0.5) is 0 Å². The number of Topliss-reactive ketones (excluding diaryl/α,β-unsaturated/α-hetero) is 1. The van der Waals surface area contributed by atoms with Crippen LogP contribution in [0.15, 0.2) is 11.6 Å². The topological polar surface area (TPSA) is 80.7 Å². The van der Waals surface area contributed by atoms with Crippen molar-refractivity contribution in [1.82, 2.24) is 0 Å². The molecule has 3 saturated carbocycles. The minimum atomic E-state index is -0.719. The van der Waals surface area contributed by atoms with Crippen molar-refractivity contribution in [2.45, 2.75) is 77.7 Å². The Hall–Kier alpha value is -1.49. The number of carbonyl (C=O) groups is 3. The van der Waals surface area contributed by atoms with Gasteiger partial charge < -0.3 is 9.84 Å². The van der Waals surface area contributed by atoms with Gasteiger partial charge in [0.15, 0.2) is 11.6 Å². The first-order chi connectivity index (χ1) is 13.4. The third kappa shape index (κ3) is 2.72. The van der Waals surface area contributed by atoms with Gasteiger partial charge in [0.2, 0.25) is 0 Å². The Morgan fingerprint density at radius 3 is 2.64 bits per heavy atom. The van der Waals surface area contributed by atoms with Gasteiger partial charge >= 0.3 is 5.97 Å². The molecule has 154 valence electrons. The van der Waals surface area contributed by atoms with Crippen LogP contribution >= 0.6 is 0 Å². The summed E-state index contributed by atoms with van der Waals surface area (Å²) < 4.78 is 5.75. The molecule has 0 radical (unpaired) electrons. The van der Waals surface area contributed by atoms with Crippen LogP contribution < -0.4 is 0 Å². The van der Waals surface area contributed by atoms with Gasteiger partial charge in [-0.2, -0.15) is 0 Å². The van der Waals surface area contributed by atoms with Crippen LogP contribution in [0.3, 0.4) is 0 Å². The van der Waals surface area contributed by atoms with Crippen LogP contribution in [0.2, 0.25) is 0 Å². The van der Waals surface area contributed by atoms with Crippen molar-refractivity contribution in [3.8, 4) is 0 Å². The highest BCUT2D eigenvalue weighted by Gasteiger charge is 2.64. The summed E-state index contributed by atoms with van der Waals surface area (Å²) in [4.78, 5) is 37.0. The van der Waals surface area contributed by atoms with Crippen LogP contribution in [0, 0.1) is 28.6 Å². The maximum atomic E-state index is 13.0. The molecular weight excluding hydrogens is 356 g/mol. The lowest BCUT2D eigenvalue weighted by Crippen LogP contribution is -2.56. The minimum absolute atomic E-state index is 0.0451. The largest absolute Gasteiger partial charge is 0.461 e. The van der Waals surface area contributed by atoms with Gasteiger partial charge in [0.1, 0.15) is 12.7 Å². The van der Waals surface area contributed by atoms with Crippen LogP contribution in [0.25, 0.3) is 0 Å². The van der Waals surface area contributed by atoms with Gasteiger partial charge in [0.25, 0.3) is 0 Å². The fourth-order valence-electron chi connectivity index (χ4n) is 7.27. The first-order valence-electron chi connectivity index (χ1n) is 10.9. The van der Waals surface area contributed by atoms with E-state index in [-0.39, 0.29) is 28.9 Å². The number of esters is 1. The number of hydrogen-bond donors (Lipinski definition) is 1. The molecule has 6 atom stereocenters. The first-order valence-corrected chi connectivity index (χ1v) is 10.9. The van der Waals surface area contributed by atoms with Crippen molar-refractivity contribution in [3.05, 3.63) is 11.6 Å². The summed E-state index contributed by atoms with van der Waals surface area (Å²) in [6.45, 7) is 3.60. The molecule has 0 heterocycles. The molecule has 28 heavy (non-hydrogen) atoms. The summed E-state index contributed by atoms with van der Waals surface area (Å²) >= 11 is 0. The molecule has 3 fully saturated rings. The zero-order chi connectivity index (χ0) is 20.1. The molecule has 0 aromatic carbocycles. The monoisotopic (exact) mass is 388 g/mol. The smallest absolute Gasteiger partial charge is 0.305 e. The third-order valence-corrected chi connectivity index (χ3v) is 8.63. The molecule has 0 aromatic rings. The van der Waals surface area contributed by atoms with Gasteiger partial charge in [0, 0.05) is 12.8 Å². The second kappa shape index (κ2) is 7.08. The lowest BCUT2D eigenvalue weighted by atomic mass is 9.46. The number of aliphatic hydroxyl groups is 1. The first kappa shape index (κ1) is 19.8. The zero-order valence-corrected chi connectivity index (χ0v) is 17.0. The second-order valence-electron chi connectivity index (χ2n) is 9.54. The molecular formula is C23H32O5. The van der Waals surface area contributed by atoms with Crippen molar-refractivity contribution in [1.29, 1.82) is 0 Å². The molecule has 5 nitrogen and oxygen atoms in total. The van der Waals surface area contributed by atoms with E-state index in [1.165, 1.54) is 5.57 Å². The molecule has 0 bridgehead atoms. The van der Waals surface area contributed by atoms with Gasteiger partial charge in [-0.15, -0.1) is 0 Å². The average Bonchev–Trinajstić information content (AvgIpc) is 3.07. The van der Waals surface area contributed by atoms with Crippen LogP contribution in [-0.4, -0.2) is 35.4 Å². The Labute approximate surface area is 166 Å². The Morgan fingerprint density at radius 2 is 1.93 bits per heavy atom. The lowest BCUT2D eigenvalue weighted by molar-refractivity contribution is -0.169. The molecule has 4 rings (SSSR count). The van der Waals surface area contributed by atoms with E-state index in [1.807, 2.05) is 6.08 Å². The van der Waals surface area contributed by atoms with E-state index in [4.69, 9.17) is 4.74 Å². The quantitative estimate of drug-likeness (QED) is 0.747. The lowest BCUT2D eigenvalue weighted by Gasteiger charge is -2.57. The van der Waals surface area contributed by atoms with E-state index in [9.17, 15) is 19.5 Å². The molecule has 0 spiro atoms. The van der Waals surface area contributed by atoms with Crippen molar-refractivity contribution in [2.75, 3.05) is 6.61 Å². The number of aliphatic hydroxyl groups excluding tert-OH is 1. The van der Waals surface area contributed by atoms with Crippen molar-refractivity contribution in [2.24, 2.45) is 28.6 Å². The third-order valence-electron chi connectivity index (χ3n) is 8.63. The van der Waals surface area contributed by atoms with E-state index in [1.54, 1.807) is 6.92 Å². The Balaban J connectivity index is 1.68. The predicted octanol–water partition coefficient (Wildman–Crippen LogP) is 3.38. The fraction of sp³-hybridized carbons (Fsp3) is 0.783. The Morgan fingerprint density at radius 1 is 1.14 bits per heavy atom. The molecule has 5 heteroatoms.